The van der Waals surface area contributed by atoms with Crippen LogP contribution in [0.4, 0.5) is 5.69 Å². The third-order valence-corrected chi connectivity index (χ3v) is 2.00. The van der Waals surface area contributed by atoms with E-state index < -0.39 is 0 Å². The molecule has 0 aliphatic rings. The van der Waals surface area contributed by atoms with Crippen molar-refractivity contribution in [2.75, 3.05) is 0 Å². The Bertz CT molecular complexity index is 436. The molecule has 1 heterocycles. The number of aromatic nitrogens is 1. The van der Waals surface area contributed by atoms with Gasteiger partial charge in [-0.2, -0.15) is 0 Å². The van der Waals surface area contributed by atoms with Crippen molar-refractivity contribution in [3.63, 3.8) is 0 Å². The molecule has 0 atom stereocenters. The Kier molecular flexibility index (Phi) is 1.59. The Balaban J connectivity index is 2.90. The first-order chi connectivity index (χ1) is 5.83. The zero-order valence-corrected chi connectivity index (χ0v) is 6.80. The van der Waals surface area contributed by atoms with Crippen molar-refractivity contribution in [2.45, 2.75) is 0 Å². The Labute approximate surface area is 73.3 Å². The quantitative estimate of drug-likeness (QED) is 0.673. The highest BCUT2D eigenvalue weighted by Crippen LogP contribution is 2.32. The van der Waals surface area contributed by atoms with E-state index in [9.17, 15) is 4.91 Å². The second kappa shape index (κ2) is 2.60. The first kappa shape index (κ1) is 7.31. The third-order valence-electron chi connectivity index (χ3n) is 1.73. The first-order valence-electron chi connectivity index (χ1n) is 3.42. The van der Waals surface area contributed by atoms with Gasteiger partial charge >= 0.3 is 0 Å². The number of nitrogens with zero attached hydrogens (tertiary/aromatic N) is 1. The maximum absolute atomic E-state index is 10.3. The smallest absolute Gasteiger partial charge is 0.152 e. The van der Waals surface area contributed by atoms with Gasteiger partial charge in [-0.15, -0.1) is 4.91 Å². The molecule has 3 nitrogen and oxygen atoms in total. The molecule has 0 bridgehead atoms. The van der Waals surface area contributed by atoms with Crippen LogP contribution in [-0.4, -0.2) is 4.98 Å². The molecule has 0 radical (unpaired) electrons. The highest BCUT2D eigenvalue weighted by atomic mass is 35.5. The number of halogens is 1. The van der Waals surface area contributed by atoms with Crippen LogP contribution >= 0.6 is 11.6 Å². The number of nitrogens with one attached hydrogen (secondary N) is 1. The van der Waals surface area contributed by atoms with Gasteiger partial charge in [0.2, 0.25) is 0 Å². The van der Waals surface area contributed by atoms with Crippen LogP contribution in [-0.2, 0) is 0 Å². The minimum Gasteiger partial charge on any atom is -0.344 e. The van der Waals surface area contributed by atoms with E-state index in [-0.39, 0.29) is 5.69 Å². The summed E-state index contributed by atoms with van der Waals surface area (Å²) in [5.74, 6) is 0. The van der Waals surface area contributed by atoms with Gasteiger partial charge in [-0.1, -0.05) is 29.8 Å². The number of nitroso groups, excluding NO2 is 1. The molecule has 2 rings (SSSR count). The van der Waals surface area contributed by atoms with Gasteiger partial charge in [0.1, 0.15) is 5.15 Å². The van der Waals surface area contributed by atoms with Gasteiger partial charge in [0.15, 0.2) is 5.69 Å². The monoisotopic (exact) mass is 180 g/mol. The molecule has 1 N–H and O–H groups in total. The van der Waals surface area contributed by atoms with Crippen molar-refractivity contribution in [3.8, 4) is 0 Å². The van der Waals surface area contributed by atoms with Crippen LogP contribution < -0.4 is 0 Å². The number of rotatable bonds is 1. The van der Waals surface area contributed by atoms with Crippen LogP contribution in [0.2, 0.25) is 5.15 Å². The molecule has 4 heteroatoms. The van der Waals surface area contributed by atoms with Gasteiger partial charge in [0, 0.05) is 10.9 Å². The molecule has 0 saturated heterocycles. The molecule has 0 unspecified atom stereocenters. The zero-order valence-electron chi connectivity index (χ0n) is 6.04. The van der Waals surface area contributed by atoms with Gasteiger partial charge in [0.05, 0.1) is 0 Å². The van der Waals surface area contributed by atoms with Gasteiger partial charge in [-0.3, -0.25) is 0 Å². The summed E-state index contributed by atoms with van der Waals surface area (Å²) in [6.07, 6.45) is 0. The lowest BCUT2D eigenvalue weighted by atomic mass is 10.2. The minimum atomic E-state index is 0.285. The standard InChI is InChI=1S/C8H5ClN2O/c9-8-7(11-12)5-3-1-2-4-6(5)10-8/h1-4,10H. The van der Waals surface area contributed by atoms with Gasteiger partial charge in [-0.05, 0) is 11.2 Å². The Morgan fingerprint density at radius 3 is 2.83 bits per heavy atom. The molecule has 0 spiro atoms. The molecule has 0 amide bonds. The molecule has 0 saturated carbocycles. The highest BCUT2D eigenvalue weighted by Gasteiger charge is 2.08. The van der Waals surface area contributed by atoms with Crippen molar-refractivity contribution in [1.82, 2.24) is 4.98 Å². The lowest BCUT2D eigenvalue weighted by molar-refractivity contribution is 1.44. The number of fused-ring (bicyclic) bond motifs is 1. The topological polar surface area (TPSA) is 45.2 Å². The fourth-order valence-electron chi connectivity index (χ4n) is 1.18. The molecule has 60 valence electrons. The number of aromatic amines is 1. The van der Waals surface area contributed by atoms with Crippen LogP contribution in [0, 0.1) is 4.91 Å². The second-order valence-corrected chi connectivity index (χ2v) is 2.80. The molecular weight excluding hydrogens is 176 g/mol. The molecule has 0 aliphatic heterocycles. The molecule has 12 heavy (non-hydrogen) atoms. The van der Waals surface area contributed by atoms with E-state index in [1.165, 1.54) is 0 Å². The number of H-pyrrole nitrogens is 1. The van der Waals surface area contributed by atoms with E-state index in [1.54, 1.807) is 6.07 Å². The SMILES string of the molecule is O=Nc1c(Cl)[nH]c2ccccc12. The van der Waals surface area contributed by atoms with Gasteiger partial charge in [0.25, 0.3) is 0 Å². The van der Waals surface area contributed by atoms with Crippen molar-refractivity contribution >= 4 is 28.2 Å². The maximum atomic E-state index is 10.3. The van der Waals surface area contributed by atoms with Crippen molar-refractivity contribution in [3.05, 3.63) is 34.3 Å². The molecule has 2 aromatic rings. The summed E-state index contributed by atoms with van der Waals surface area (Å²) in [4.78, 5) is 13.2. The van der Waals surface area contributed by atoms with E-state index in [4.69, 9.17) is 11.6 Å². The Morgan fingerprint density at radius 2 is 2.08 bits per heavy atom. The normalized spacial score (nSPS) is 10.4. The van der Waals surface area contributed by atoms with E-state index in [2.05, 4.69) is 10.2 Å². The Morgan fingerprint density at radius 1 is 1.33 bits per heavy atom. The van der Waals surface area contributed by atoms with Crippen LogP contribution in [0.5, 0.6) is 0 Å². The summed E-state index contributed by atoms with van der Waals surface area (Å²) in [6, 6.07) is 7.34. The number of hydrogen-bond donors (Lipinski definition) is 1. The molecule has 1 aromatic carbocycles. The predicted octanol–water partition coefficient (Wildman–Crippen LogP) is 3.22. The fourth-order valence-corrected chi connectivity index (χ4v) is 1.42. The third kappa shape index (κ3) is 0.905. The molecule has 0 aliphatic carbocycles. The van der Waals surface area contributed by atoms with E-state index >= 15 is 0 Å². The van der Waals surface area contributed by atoms with E-state index in [1.807, 2.05) is 18.2 Å². The van der Waals surface area contributed by atoms with Crippen LogP contribution in [0.3, 0.4) is 0 Å². The van der Waals surface area contributed by atoms with Crippen LogP contribution in [0.25, 0.3) is 10.9 Å². The predicted molar refractivity (Wildman–Crippen MR) is 48.8 cm³/mol. The van der Waals surface area contributed by atoms with Gasteiger partial charge < -0.3 is 4.98 Å². The summed E-state index contributed by atoms with van der Waals surface area (Å²) in [6.45, 7) is 0. The summed E-state index contributed by atoms with van der Waals surface area (Å²) < 4.78 is 0. The van der Waals surface area contributed by atoms with E-state index in [0.29, 0.717) is 5.15 Å². The molecular formula is C8H5ClN2O. The largest absolute Gasteiger partial charge is 0.344 e. The summed E-state index contributed by atoms with van der Waals surface area (Å²) >= 11 is 5.72. The summed E-state index contributed by atoms with van der Waals surface area (Å²) in [5, 5.41) is 3.90. The van der Waals surface area contributed by atoms with Crippen molar-refractivity contribution in [2.24, 2.45) is 5.18 Å². The highest BCUT2D eigenvalue weighted by molar-refractivity contribution is 6.34. The fraction of sp³-hybridized carbons (Fsp3) is 0. The lowest BCUT2D eigenvalue weighted by Crippen LogP contribution is -1.63. The molecule has 0 fully saturated rings. The number of para-hydroxylation sites is 1. The van der Waals surface area contributed by atoms with Crippen molar-refractivity contribution < 1.29 is 0 Å². The second-order valence-electron chi connectivity index (χ2n) is 2.42. The Hall–Kier alpha value is -1.35. The zero-order chi connectivity index (χ0) is 8.55. The average molecular weight is 181 g/mol. The molecule has 1 aromatic heterocycles. The van der Waals surface area contributed by atoms with Crippen LogP contribution in [0.15, 0.2) is 29.4 Å². The van der Waals surface area contributed by atoms with Crippen LogP contribution in [0.1, 0.15) is 0 Å². The summed E-state index contributed by atoms with van der Waals surface area (Å²) in [7, 11) is 0. The van der Waals surface area contributed by atoms with Crippen molar-refractivity contribution in [1.29, 1.82) is 0 Å². The number of hydrogen-bond acceptors (Lipinski definition) is 2. The first-order valence-corrected chi connectivity index (χ1v) is 3.80. The lowest BCUT2D eigenvalue weighted by Gasteiger charge is -1.85. The minimum absolute atomic E-state index is 0.285. The summed E-state index contributed by atoms with van der Waals surface area (Å²) in [5.41, 5.74) is 1.12. The van der Waals surface area contributed by atoms with E-state index in [0.717, 1.165) is 10.9 Å². The number of benzene rings is 1. The average Bonchev–Trinajstić information content (AvgIpc) is 2.40. The maximum Gasteiger partial charge on any atom is 0.152 e. The van der Waals surface area contributed by atoms with Gasteiger partial charge in [-0.25, -0.2) is 0 Å².